The topological polar surface area (TPSA) is 70.9 Å². The van der Waals surface area contributed by atoms with Gasteiger partial charge in [0.25, 0.3) is 0 Å². The quantitative estimate of drug-likeness (QED) is 0.840. The van der Waals surface area contributed by atoms with E-state index in [0.29, 0.717) is 17.8 Å². The lowest BCUT2D eigenvalue weighted by Crippen LogP contribution is -2.55. The van der Waals surface area contributed by atoms with Crippen molar-refractivity contribution >= 4 is 11.0 Å². The van der Waals surface area contributed by atoms with Gasteiger partial charge in [0.1, 0.15) is 0 Å². The first-order valence-corrected chi connectivity index (χ1v) is 7.90. The van der Waals surface area contributed by atoms with Gasteiger partial charge in [-0.05, 0) is 55.9 Å². The minimum atomic E-state index is -0.454. The molecule has 0 aliphatic heterocycles. The number of imidazole rings is 1. The summed E-state index contributed by atoms with van der Waals surface area (Å²) < 4.78 is 1.95. The number of fused-ring (bicyclic) bond motifs is 1. The van der Waals surface area contributed by atoms with Gasteiger partial charge in [-0.25, -0.2) is 4.79 Å². The van der Waals surface area contributed by atoms with Crippen LogP contribution >= 0.6 is 0 Å². The van der Waals surface area contributed by atoms with E-state index in [4.69, 9.17) is 0 Å². The number of hydrogen-bond acceptors (Lipinski definition) is 3. The molecule has 5 nitrogen and oxygen atoms in total. The second-order valence-electron chi connectivity index (χ2n) is 7.38. The molecule has 5 heteroatoms. The number of aliphatic hydroxyl groups is 1. The Kier molecular flexibility index (Phi) is 2.15. The van der Waals surface area contributed by atoms with E-state index in [1.54, 1.807) is 12.4 Å². The Morgan fingerprint density at radius 2 is 2.05 bits per heavy atom. The predicted octanol–water partition coefficient (Wildman–Crippen LogP) is 1.84. The van der Waals surface area contributed by atoms with E-state index in [0.717, 1.165) is 43.1 Å². The average molecular weight is 285 g/mol. The average Bonchev–Trinajstić information content (AvgIpc) is 2.73. The highest BCUT2D eigenvalue weighted by Crippen LogP contribution is 2.59. The minimum Gasteiger partial charge on any atom is -0.390 e. The van der Waals surface area contributed by atoms with Gasteiger partial charge in [-0.15, -0.1) is 0 Å². The summed E-state index contributed by atoms with van der Waals surface area (Å²) in [5.74, 6) is 1.53. The van der Waals surface area contributed by atoms with Crippen LogP contribution in [0.5, 0.6) is 0 Å². The molecular weight excluding hydrogens is 266 g/mol. The molecule has 4 saturated carbocycles. The SMILES string of the molecule is O=c1[nH]c2cnccc2n1C1C2CC3CC1CC(O)(C3)C2. The Morgan fingerprint density at radius 1 is 1.29 bits per heavy atom. The van der Waals surface area contributed by atoms with E-state index in [1.807, 2.05) is 10.6 Å². The van der Waals surface area contributed by atoms with Gasteiger partial charge in [0.15, 0.2) is 0 Å². The molecule has 4 fully saturated rings. The van der Waals surface area contributed by atoms with Crippen LogP contribution in [0.3, 0.4) is 0 Å². The van der Waals surface area contributed by atoms with E-state index in [2.05, 4.69) is 9.97 Å². The van der Waals surface area contributed by atoms with Crippen LogP contribution in [-0.4, -0.2) is 25.2 Å². The zero-order valence-corrected chi connectivity index (χ0v) is 11.8. The summed E-state index contributed by atoms with van der Waals surface area (Å²) in [6, 6.07) is 2.16. The highest BCUT2D eigenvalue weighted by atomic mass is 16.3. The molecule has 2 aromatic rings. The highest BCUT2D eigenvalue weighted by molar-refractivity contribution is 5.73. The molecule has 2 aromatic heterocycles. The lowest BCUT2D eigenvalue weighted by atomic mass is 9.52. The predicted molar refractivity (Wildman–Crippen MR) is 77.9 cm³/mol. The van der Waals surface area contributed by atoms with Crippen LogP contribution in [0.4, 0.5) is 0 Å². The summed E-state index contributed by atoms with van der Waals surface area (Å²) >= 11 is 0. The summed E-state index contributed by atoms with van der Waals surface area (Å²) in [5, 5.41) is 10.7. The fraction of sp³-hybridized carbons (Fsp3) is 0.625. The number of pyridine rings is 1. The van der Waals surface area contributed by atoms with Crippen molar-refractivity contribution in [2.24, 2.45) is 17.8 Å². The molecule has 4 aliphatic carbocycles. The number of nitrogens with zero attached hydrogens (tertiary/aromatic N) is 2. The van der Waals surface area contributed by atoms with Crippen LogP contribution in [0, 0.1) is 17.8 Å². The first kappa shape index (κ1) is 12.0. The molecule has 0 radical (unpaired) electrons. The fourth-order valence-corrected chi connectivity index (χ4v) is 5.65. The lowest BCUT2D eigenvalue weighted by molar-refractivity contribution is -0.146. The van der Waals surface area contributed by atoms with Crippen molar-refractivity contribution in [1.29, 1.82) is 0 Å². The molecular formula is C16H19N3O2. The minimum absolute atomic E-state index is 0.0255. The number of aromatic nitrogens is 3. The first-order valence-electron chi connectivity index (χ1n) is 7.90. The molecule has 0 spiro atoms. The number of H-pyrrole nitrogens is 1. The Labute approximate surface area is 122 Å². The zero-order valence-electron chi connectivity index (χ0n) is 11.8. The smallest absolute Gasteiger partial charge is 0.326 e. The second-order valence-corrected chi connectivity index (χ2v) is 7.38. The highest BCUT2D eigenvalue weighted by Gasteiger charge is 2.55. The van der Waals surface area contributed by atoms with Gasteiger partial charge in [-0.3, -0.25) is 9.55 Å². The summed E-state index contributed by atoms with van der Waals surface area (Å²) in [4.78, 5) is 19.5. The van der Waals surface area contributed by atoms with Crippen molar-refractivity contribution in [3.05, 3.63) is 28.9 Å². The van der Waals surface area contributed by atoms with Gasteiger partial charge in [-0.2, -0.15) is 0 Å². The molecule has 4 bridgehead atoms. The van der Waals surface area contributed by atoms with E-state index in [1.165, 1.54) is 0 Å². The third-order valence-corrected chi connectivity index (χ3v) is 6.01. The van der Waals surface area contributed by atoms with Crippen molar-refractivity contribution in [1.82, 2.24) is 14.5 Å². The van der Waals surface area contributed by atoms with E-state index < -0.39 is 5.60 Å². The van der Waals surface area contributed by atoms with Gasteiger partial charge in [-0.1, -0.05) is 0 Å². The molecule has 2 unspecified atom stereocenters. The molecule has 2 heterocycles. The molecule has 0 aromatic carbocycles. The molecule has 2 atom stereocenters. The van der Waals surface area contributed by atoms with Crippen LogP contribution in [0.25, 0.3) is 11.0 Å². The Balaban J connectivity index is 1.67. The third kappa shape index (κ3) is 1.55. The molecule has 0 saturated heterocycles. The van der Waals surface area contributed by atoms with Gasteiger partial charge in [0, 0.05) is 12.2 Å². The molecule has 4 aliphatic rings. The number of rotatable bonds is 1. The van der Waals surface area contributed by atoms with Crippen LogP contribution in [0.1, 0.15) is 38.1 Å². The molecule has 2 N–H and O–H groups in total. The fourth-order valence-electron chi connectivity index (χ4n) is 5.65. The standard InChI is InChI=1S/C16H19N3O2/c20-15-18-12-8-17-2-1-13(12)19(15)14-10-3-9-4-11(14)7-16(21,5-9)6-10/h1-2,8-11,14,21H,3-7H2,(H,18,20). The molecule has 0 amide bonds. The summed E-state index contributed by atoms with van der Waals surface area (Å²) in [7, 11) is 0. The van der Waals surface area contributed by atoms with Crippen LogP contribution < -0.4 is 5.69 Å². The maximum absolute atomic E-state index is 12.5. The van der Waals surface area contributed by atoms with Crippen molar-refractivity contribution in [3.8, 4) is 0 Å². The Hall–Kier alpha value is -1.62. The maximum Gasteiger partial charge on any atom is 0.326 e. The van der Waals surface area contributed by atoms with Crippen molar-refractivity contribution in [2.45, 2.75) is 43.7 Å². The second kappa shape index (κ2) is 3.77. The summed E-state index contributed by atoms with van der Waals surface area (Å²) in [6.45, 7) is 0. The van der Waals surface area contributed by atoms with E-state index in [9.17, 15) is 9.90 Å². The number of aromatic amines is 1. The van der Waals surface area contributed by atoms with Crippen LogP contribution in [-0.2, 0) is 0 Å². The third-order valence-electron chi connectivity index (χ3n) is 6.01. The number of nitrogens with one attached hydrogen (secondary N) is 1. The Morgan fingerprint density at radius 3 is 2.76 bits per heavy atom. The van der Waals surface area contributed by atoms with Gasteiger partial charge in [0.2, 0.25) is 0 Å². The van der Waals surface area contributed by atoms with Gasteiger partial charge >= 0.3 is 5.69 Å². The molecule has 110 valence electrons. The molecule has 6 rings (SSSR count). The summed E-state index contributed by atoms with van der Waals surface area (Å²) in [6.07, 6.45) is 8.47. The summed E-state index contributed by atoms with van der Waals surface area (Å²) in [5.41, 5.74) is 1.29. The van der Waals surface area contributed by atoms with E-state index >= 15 is 0 Å². The van der Waals surface area contributed by atoms with Gasteiger partial charge in [0.05, 0.1) is 22.8 Å². The van der Waals surface area contributed by atoms with Crippen LogP contribution in [0.15, 0.2) is 23.3 Å². The zero-order chi connectivity index (χ0) is 14.2. The monoisotopic (exact) mass is 285 g/mol. The lowest BCUT2D eigenvalue weighted by Gasteiger charge is -2.58. The van der Waals surface area contributed by atoms with Gasteiger partial charge < -0.3 is 10.1 Å². The van der Waals surface area contributed by atoms with Crippen molar-refractivity contribution in [3.63, 3.8) is 0 Å². The van der Waals surface area contributed by atoms with Crippen molar-refractivity contribution < 1.29 is 5.11 Å². The van der Waals surface area contributed by atoms with E-state index in [-0.39, 0.29) is 11.7 Å². The Bertz CT molecular complexity index is 761. The normalized spacial score (nSPS) is 41.0. The largest absolute Gasteiger partial charge is 0.390 e. The van der Waals surface area contributed by atoms with Crippen LogP contribution in [0.2, 0.25) is 0 Å². The van der Waals surface area contributed by atoms with Crippen molar-refractivity contribution in [2.75, 3.05) is 0 Å². The molecule has 21 heavy (non-hydrogen) atoms. The number of hydrogen-bond donors (Lipinski definition) is 2. The maximum atomic E-state index is 12.5. The first-order chi connectivity index (χ1) is 10.1.